The van der Waals surface area contributed by atoms with E-state index in [1.807, 2.05) is 0 Å². The van der Waals surface area contributed by atoms with Crippen molar-refractivity contribution < 1.29 is 0 Å². The topological polar surface area (TPSA) is 30.7 Å². The van der Waals surface area contributed by atoms with Gasteiger partial charge in [0.25, 0.3) is 0 Å². The van der Waals surface area contributed by atoms with E-state index in [2.05, 4.69) is 49.6 Å². The molecule has 0 spiro atoms. The van der Waals surface area contributed by atoms with Gasteiger partial charge in [0.1, 0.15) is 0 Å². The Hall–Kier alpha value is -0.860. The smallest absolute Gasteiger partial charge is 0.0861 e. The highest BCUT2D eigenvalue weighted by Gasteiger charge is 2.16. The number of aryl methyl sites for hydroxylation is 1. The number of hydrogen-bond acceptors (Lipinski definition) is 2. The van der Waals surface area contributed by atoms with Crippen LogP contribution in [0.2, 0.25) is 0 Å². The minimum Gasteiger partial charge on any atom is -0.246 e. The maximum atomic E-state index is 4.31. The van der Waals surface area contributed by atoms with Gasteiger partial charge in [0, 0.05) is 6.04 Å². The van der Waals surface area contributed by atoms with E-state index in [0.717, 1.165) is 6.42 Å². The first-order valence-corrected chi connectivity index (χ1v) is 6.01. The zero-order valence-electron chi connectivity index (χ0n) is 10.6. The Bertz CT molecular complexity index is 300. The summed E-state index contributed by atoms with van der Waals surface area (Å²) in [4.78, 5) is 0. The SMILES string of the molecule is CCCCc1nnn(C(C)C)c1C(C)C. The predicted molar refractivity (Wildman–Crippen MR) is 63.1 cm³/mol. The average Bonchev–Trinajstić information content (AvgIpc) is 2.58. The number of aromatic nitrogens is 3. The molecule has 3 heteroatoms. The monoisotopic (exact) mass is 209 g/mol. The van der Waals surface area contributed by atoms with E-state index < -0.39 is 0 Å². The molecule has 0 aliphatic rings. The fraction of sp³-hybridized carbons (Fsp3) is 0.833. The molecular weight excluding hydrogens is 186 g/mol. The highest BCUT2D eigenvalue weighted by atomic mass is 15.4. The van der Waals surface area contributed by atoms with Crippen molar-refractivity contribution in [1.29, 1.82) is 0 Å². The molecule has 3 nitrogen and oxygen atoms in total. The van der Waals surface area contributed by atoms with E-state index in [1.165, 1.54) is 24.2 Å². The normalized spacial score (nSPS) is 11.7. The van der Waals surface area contributed by atoms with Crippen molar-refractivity contribution in [3.8, 4) is 0 Å². The molecule has 0 aliphatic carbocycles. The first-order valence-electron chi connectivity index (χ1n) is 6.01. The van der Waals surface area contributed by atoms with Gasteiger partial charge in [-0.15, -0.1) is 5.10 Å². The van der Waals surface area contributed by atoms with Crippen molar-refractivity contribution in [2.75, 3.05) is 0 Å². The van der Waals surface area contributed by atoms with Crippen LogP contribution in [0, 0.1) is 0 Å². The molecule has 1 aromatic rings. The lowest BCUT2D eigenvalue weighted by atomic mass is 10.0. The molecule has 0 unspecified atom stereocenters. The van der Waals surface area contributed by atoms with Gasteiger partial charge in [-0.2, -0.15) is 0 Å². The summed E-state index contributed by atoms with van der Waals surface area (Å²) in [5.74, 6) is 0.509. The second-order valence-electron chi connectivity index (χ2n) is 4.72. The molecule has 0 N–H and O–H groups in total. The highest BCUT2D eigenvalue weighted by molar-refractivity contribution is 5.15. The molecule has 0 radical (unpaired) electrons. The molecular formula is C12H23N3. The Labute approximate surface area is 92.9 Å². The van der Waals surface area contributed by atoms with Gasteiger partial charge in [-0.05, 0) is 32.6 Å². The van der Waals surface area contributed by atoms with Gasteiger partial charge >= 0.3 is 0 Å². The molecule has 0 aliphatic heterocycles. The maximum absolute atomic E-state index is 4.31. The molecule has 0 saturated heterocycles. The van der Waals surface area contributed by atoms with Crippen LogP contribution in [0.4, 0.5) is 0 Å². The molecule has 1 aromatic heterocycles. The maximum Gasteiger partial charge on any atom is 0.0861 e. The summed E-state index contributed by atoms with van der Waals surface area (Å²) in [5, 5.41) is 8.57. The molecule has 1 heterocycles. The Balaban J connectivity index is 2.96. The zero-order chi connectivity index (χ0) is 11.4. The van der Waals surface area contributed by atoms with Crippen LogP contribution < -0.4 is 0 Å². The lowest BCUT2D eigenvalue weighted by molar-refractivity contribution is 0.484. The number of hydrogen-bond donors (Lipinski definition) is 0. The second-order valence-corrected chi connectivity index (χ2v) is 4.72. The second kappa shape index (κ2) is 5.29. The van der Waals surface area contributed by atoms with Crippen LogP contribution in [0.1, 0.15) is 70.8 Å². The molecule has 15 heavy (non-hydrogen) atoms. The Morgan fingerprint density at radius 1 is 1.20 bits per heavy atom. The minimum atomic E-state index is 0.408. The average molecular weight is 209 g/mol. The van der Waals surface area contributed by atoms with Gasteiger partial charge < -0.3 is 0 Å². The molecule has 0 fully saturated rings. The van der Waals surface area contributed by atoms with E-state index in [-0.39, 0.29) is 0 Å². The molecule has 1 rings (SSSR count). The van der Waals surface area contributed by atoms with E-state index in [4.69, 9.17) is 0 Å². The number of rotatable bonds is 5. The molecule has 86 valence electrons. The highest BCUT2D eigenvalue weighted by Crippen LogP contribution is 2.21. The summed E-state index contributed by atoms with van der Waals surface area (Å²) in [6.07, 6.45) is 3.49. The lowest BCUT2D eigenvalue weighted by Gasteiger charge is -2.13. The molecule has 0 saturated carbocycles. The van der Waals surface area contributed by atoms with Crippen LogP contribution in [0.3, 0.4) is 0 Å². The molecule has 0 bridgehead atoms. The van der Waals surface area contributed by atoms with E-state index in [0.29, 0.717) is 12.0 Å². The van der Waals surface area contributed by atoms with E-state index in [1.54, 1.807) is 0 Å². The Morgan fingerprint density at radius 2 is 1.87 bits per heavy atom. The largest absolute Gasteiger partial charge is 0.246 e. The van der Waals surface area contributed by atoms with Crippen molar-refractivity contribution in [2.24, 2.45) is 0 Å². The standard InChI is InChI=1S/C12H23N3/c1-6-7-8-11-12(9(2)3)15(10(4)5)14-13-11/h9-10H,6-8H2,1-5H3. The van der Waals surface area contributed by atoms with Gasteiger partial charge in [-0.1, -0.05) is 32.4 Å². The van der Waals surface area contributed by atoms with Crippen LogP contribution in [0.25, 0.3) is 0 Å². The third kappa shape index (κ3) is 2.80. The summed E-state index contributed by atoms with van der Waals surface area (Å²) in [6.45, 7) is 11.0. The van der Waals surface area contributed by atoms with Crippen LogP contribution >= 0.6 is 0 Å². The number of unbranched alkanes of at least 4 members (excludes halogenated alkanes) is 1. The summed E-state index contributed by atoms with van der Waals surface area (Å²) in [7, 11) is 0. The molecule has 0 amide bonds. The predicted octanol–water partition coefficient (Wildman–Crippen LogP) is 3.33. The van der Waals surface area contributed by atoms with Crippen LogP contribution in [0.15, 0.2) is 0 Å². The van der Waals surface area contributed by atoms with Gasteiger partial charge in [0.05, 0.1) is 11.4 Å². The lowest BCUT2D eigenvalue weighted by Crippen LogP contribution is -2.10. The third-order valence-corrected chi connectivity index (χ3v) is 2.61. The van der Waals surface area contributed by atoms with Crippen molar-refractivity contribution in [3.05, 3.63) is 11.4 Å². The summed E-state index contributed by atoms with van der Waals surface area (Å²) < 4.78 is 2.07. The first-order chi connectivity index (χ1) is 7.07. The molecule has 0 aromatic carbocycles. The van der Waals surface area contributed by atoms with Gasteiger partial charge in [0.2, 0.25) is 0 Å². The van der Waals surface area contributed by atoms with Crippen LogP contribution in [-0.4, -0.2) is 15.0 Å². The fourth-order valence-electron chi connectivity index (χ4n) is 1.84. The Kier molecular flexibility index (Phi) is 4.30. The van der Waals surface area contributed by atoms with Crippen molar-refractivity contribution in [3.63, 3.8) is 0 Å². The van der Waals surface area contributed by atoms with Crippen LogP contribution in [-0.2, 0) is 6.42 Å². The first kappa shape index (κ1) is 12.2. The quantitative estimate of drug-likeness (QED) is 0.744. The zero-order valence-corrected chi connectivity index (χ0v) is 10.6. The summed E-state index contributed by atoms with van der Waals surface area (Å²) in [6, 6.07) is 0.408. The third-order valence-electron chi connectivity index (χ3n) is 2.61. The number of nitrogens with zero attached hydrogens (tertiary/aromatic N) is 3. The molecule has 0 atom stereocenters. The van der Waals surface area contributed by atoms with Gasteiger partial charge in [-0.25, -0.2) is 4.68 Å². The van der Waals surface area contributed by atoms with E-state index >= 15 is 0 Å². The van der Waals surface area contributed by atoms with Crippen molar-refractivity contribution in [1.82, 2.24) is 15.0 Å². The van der Waals surface area contributed by atoms with Gasteiger partial charge in [-0.3, -0.25) is 0 Å². The minimum absolute atomic E-state index is 0.408. The van der Waals surface area contributed by atoms with E-state index in [9.17, 15) is 0 Å². The van der Waals surface area contributed by atoms with Crippen molar-refractivity contribution >= 4 is 0 Å². The van der Waals surface area contributed by atoms with Gasteiger partial charge in [0.15, 0.2) is 0 Å². The summed E-state index contributed by atoms with van der Waals surface area (Å²) >= 11 is 0. The fourth-order valence-corrected chi connectivity index (χ4v) is 1.84. The van der Waals surface area contributed by atoms with Crippen molar-refractivity contribution in [2.45, 2.75) is 65.8 Å². The Morgan fingerprint density at radius 3 is 2.33 bits per heavy atom. The van der Waals surface area contributed by atoms with Crippen LogP contribution in [0.5, 0.6) is 0 Å². The summed E-state index contributed by atoms with van der Waals surface area (Å²) in [5.41, 5.74) is 2.51.